The van der Waals surface area contributed by atoms with Gasteiger partial charge >= 0.3 is 0 Å². The third kappa shape index (κ3) is 4.58. The van der Waals surface area contributed by atoms with E-state index in [4.69, 9.17) is 9.47 Å². The number of carbonyl (C=O) groups excluding carboxylic acids is 1. The molecule has 7 nitrogen and oxygen atoms in total. The van der Waals surface area contributed by atoms with Crippen molar-refractivity contribution in [3.05, 3.63) is 69.8 Å². The molecule has 0 radical (unpaired) electrons. The summed E-state index contributed by atoms with van der Waals surface area (Å²) >= 11 is 0. The Kier molecular flexibility index (Phi) is 5.80. The van der Waals surface area contributed by atoms with Crippen molar-refractivity contribution in [2.75, 3.05) is 13.2 Å². The maximum absolute atomic E-state index is 12.2. The number of carbonyl (C=O) groups is 1. The number of hydrogen-bond acceptors (Lipinski definition) is 5. The molecule has 26 heavy (non-hydrogen) atoms. The van der Waals surface area contributed by atoms with E-state index in [1.54, 1.807) is 6.07 Å². The van der Waals surface area contributed by atoms with Crippen LogP contribution in [0.1, 0.15) is 28.8 Å². The molecule has 0 spiro atoms. The quantitative estimate of drug-likeness (QED) is 0.608. The minimum absolute atomic E-state index is 0.0500. The highest BCUT2D eigenvalue weighted by molar-refractivity contribution is 5.98. The van der Waals surface area contributed by atoms with Crippen LogP contribution in [0.5, 0.6) is 5.75 Å². The summed E-state index contributed by atoms with van der Waals surface area (Å²) in [5.74, 6) is 0.269. The normalized spacial score (nSPS) is 16.2. The Hall–Kier alpha value is -2.93. The van der Waals surface area contributed by atoms with Crippen LogP contribution in [0.4, 0.5) is 5.69 Å². The first-order chi connectivity index (χ1) is 12.6. The Morgan fingerprint density at radius 2 is 2.00 bits per heavy atom. The molecule has 0 aliphatic carbocycles. The number of amides is 1. The molecule has 7 heteroatoms. The second-order valence-electron chi connectivity index (χ2n) is 6.05. The first-order valence-corrected chi connectivity index (χ1v) is 8.48. The molecular weight excluding hydrogens is 336 g/mol. The van der Waals surface area contributed by atoms with Crippen molar-refractivity contribution in [2.24, 2.45) is 0 Å². The van der Waals surface area contributed by atoms with Crippen LogP contribution in [-0.2, 0) is 11.3 Å². The number of ether oxygens (including phenoxy) is 2. The topological polar surface area (TPSA) is 90.7 Å². The SMILES string of the molecule is O=C(NCc1ccc(OCC2CCCO2)cc1)c1ccccc1[N+](=O)[O-]. The number of hydrogen-bond donors (Lipinski definition) is 1. The van der Waals surface area contributed by atoms with Crippen LogP contribution in [0.15, 0.2) is 48.5 Å². The summed E-state index contributed by atoms with van der Waals surface area (Å²) in [4.78, 5) is 22.6. The highest BCUT2D eigenvalue weighted by atomic mass is 16.6. The number of nitro benzene ring substituents is 1. The van der Waals surface area contributed by atoms with Gasteiger partial charge in [-0.05, 0) is 36.6 Å². The number of para-hydroxylation sites is 1. The lowest BCUT2D eigenvalue weighted by atomic mass is 10.1. The molecule has 1 aliphatic rings. The van der Waals surface area contributed by atoms with E-state index in [9.17, 15) is 14.9 Å². The largest absolute Gasteiger partial charge is 0.491 e. The summed E-state index contributed by atoms with van der Waals surface area (Å²) in [6.45, 7) is 1.61. The summed E-state index contributed by atoms with van der Waals surface area (Å²) in [5, 5.41) is 13.7. The van der Waals surface area contributed by atoms with Crippen molar-refractivity contribution < 1.29 is 19.2 Å². The summed E-state index contributed by atoms with van der Waals surface area (Å²) < 4.78 is 11.2. The molecule has 136 valence electrons. The summed E-state index contributed by atoms with van der Waals surface area (Å²) in [7, 11) is 0. The molecular formula is C19H20N2O5. The molecule has 1 atom stereocenters. The number of nitro groups is 1. The van der Waals surface area contributed by atoms with Crippen molar-refractivity contribution in [3.8, 4) is 5.75 Å². The predicted molar refractivity (Wildman–Crippen MR) is 95.2 cm³/mol. The molecule has 2 aromatic carbocycles. The van der Waals surface area contributed by atoms with Crippen molar-refractivity contribution in [1.29, 1.82) is 0 Å². The predicted octanol–water partition coefficient (Wildman–Crippen LogP) is 3.08. The summed E-state index contributed by atoms with van der Waals surface area (Å²) in [6, 6.07) is 13.3. The second-order valence-corrected chi connectivity index (χ2v) is 6.05. The van der Waals surface area contributed by atoms with Crippen LogP contribution in [-0.4, -0.2) is 30.1 Å². The molecule has 1 saturated heterocycles. The smallest absolute Gasteiger partial charge is 0.282 e. The fourth-order valence-electron chi connectivity index (χ4n) is 2.77. The van der Waals surface area contributed by atoms with Gasteiger partial charge in [-0.3, -0.25) is 14.9 Å². The van der Waals surface area contributed by atoms with E-state index >= 15 is 0 Å². The summed E-state index contributed by atoms with van der Waals surface area (Å²) in [6.07, 6.45) is 2.26. The fourth-order valence-corrected chi connectivity index (χ4v) is 2.77. The van der Waals surface area contributed by atoms with Gasteiger partial charge in [0.2, 0.25) is 0 Å². The van der Waals surface area contributed by atoms with Gasteiger partial charge in [-0.25, -0.2) is 0 Å². The highest BCUT2D eigenvalue weighted by Crippen LogP contribution is 2.18. The van der Waals surface area contributed by atoms with Gasteiger partial charge in [0.25, 0.3) is 11.6 Å². The molecule has 0 aromatic heterocycles. The van der Waals surface area contributed by atoms with E-state index in [1.165, 1.54) is 18.2 Å². The fraction of sp³-hybridized carbons (Fsp3) is 0.316. The van der Waals surface area contributed by atoms with Crippen LogP contribution >= 0.6 is 0 Å². The van der Waals surface area contributed by atoms with Gasteiger partial charge in [0.1, 0.15) is 17.9 Å². The average molecular weight is 356 g/mol. The van der Waals surface area contributed by atoms with Gasteiger partial charge in [0, 0.05) is 19.2 Å². The Bertz CT molecular complexity index is 770. The molecule has 3 rings (SSSR count). The van der Waals surface area contributed by atoms with Gasteiger partial charge in [0.15, 0.2) is 0 Å². The zero-order valence-corrected chi connectivity index (χ0v) is 14.2. The van der Waals surface area contributed by atoms with Crippen LogP contribution in [0.25, 0.3) is 0 Å². The van der Waals surface area contributed by atoms with E-state index in [0.717, 1.165) is 30.8 Å². The zero-order chi connectivity index (χ0) is 18.4. The molecule has 0 saturated carbocycles. The Labute approximate surface area is 151 Å². The monoisotopic (exact) mass is 356 g/mol. The van der Waals surface area contributed by atoms with Crippen molar-refractivity contribution in [3.63, 3.8) is 0 Å². The van der Waals surface area contributed by atoms with Crippen molar-refractivity contribution in [2.45, 2.75) is 25.5 Å². The van der Waals surface area contributed by atoms with E-state index in [1.807, 2.05) is 24.3 Å². The van der Waals surface area contributed by atoms with Gasteiger partial charge in [-0.2, -0.15) is 0 Å². The maximum atomic E-state index is 12.2. The molecule has 1 fully saturated rings. The first kappa shape index (κ1) is 17.9. The Balaban J connectivity index is 1.53. The molecule has 1 amide bonds. The van der Waals surface area contributed by atoms with Crippen LogP contribution in [0, 0.1) is 10.1 Å². The minimum atomic E-state index is -0.560. The van der Waals surface area contributed by atoms with Crippen molar-refractivity contribution >= 4 is 11.6 Å². The summed E-state index contributed by atoms with van der Waals surface area (Å²) in [5.41, 5.74) is 0.721. The van der Waals surface area contributed by atoms with Crippen LogP contribution in [0.3, 0.4) is 0 Å². The van der Waals surface area contributed by atoms with E-state index < -0.39 is 10.8 Å². The first-order valence-electron chi connectivity index (χ1n) is 8.48. The Morgan fingerprint density at radius 1 is 1.23 bits per heavy atom. The molecule has 0 bridgehead atoms. The average Bonchev–Trinajstić information content (AvgIpc) is 3.19. The molecule has 1 aliphatic heterocycles. The number of benzene rings is 2. The van der Waals surface area contributed by atoms with E-state index in [-0.39, 0.29) is 23.9 Å². The lowest BCUT2D eigenvalue weighted by Crippen LogP contribution is -2.23. The molecule has 1 N–H and O–H groups in total. The zero-order valence-electron chi connectivity index (χ0n) is 14.2. The van der Waals surface area contributed by atoms with Crippen LogP contribution in [0.2, 0.25) is 0 Å². The van der Waals surface area contributed by atoms with Gasteiger partial charge in [-0.15, -0.1) is 0 Å². The molecule has 2 aromatic rings. The van der Waals surface area contributed by atoms with E-state index in [0.29, 0.717) is 6.61 Å². The number of rotatable bonds is 7. The third-order valence-electron chi connectivity index (χ3n) is 4.18. The lowest BCUT2D eigenvalue weighted by Gasteiger charge is -2.12. The standard InChI is InChI=1S/C19H20N2O5/c22-19(17-5-1-2-6-18(17)21(23)24)20-12-14-7-9-15(10-8-14)26-13-16-4-3-11-25-16/h1-2,5-10,16H,3-4,11-13H2,(H,20,22). The van der Waals surface area contributed by atoms with Gasteiger partial charge in [-0.1, -0.05) is 24.3 Å². The number of nitrogens with one attached hydrogen (secondary N) is 1. The van der Waals surface area contributed by atoms with Gasteiger partial charge < -0.3 is 14.8 Å². The second kappa shape index (κ2) is 8.44. The lowest BCUT2D eigenvalue weighted by molar-refractivity contribution is -0.385. The maximum Gasteiger partial charge on any atom is 0.282 e. The number of nitrogens with zero attached hydrogens (tertiary/aromatic N) is 1. The highest BCUT2D eigenvalue weighted by Gasteiger charge is 2.19. The van der Waals surface area contributed by atoms with E-state index in [2.05, 4.69) is 5.32 Å². The molecule has 1 unspecified atom stereocenters. The van der Waals surface area contributed by atoms with Crippen LogP contribution < -0.4 is 10.1 Å². The third-order valence-corrected chi connectivity index (χ3v) is 4.18. The minimum Gasteiger partial charge on any atom is -0.491 e. The molecule has 1 heterocycles. The Morgan fingerprint density at radius 3 is 2.69 bits per heavy atom. The van der Waals surface area contributed by atoms with Gasteiger partial charge in [0.05, 0.1) is 11.0 Å². The van der Waals surface area contributed by atoms with Crippen molar-refractivity contribution in [1.82, 2.24) is 5.32 Å².